The fraction of sp³-hybridized carbons (Fsp3) is 1.00. The van der Waals surface area contributed by atoms with Gasteiger partial charge in [0.05, 0.1) is 0 Å². The van der Waals surface area contributed by atoms with E-state index in [1.807, 2.05) is 0 Å². The van der Waals surface area contributed by atoms with Crippen molar-refractivity contribution in [1.29, 1.82) is 0 Å². The molecule has 0 spiro atoms. The van der Waals surface area contributed by atoms with Crippen LogP contribution in [0.5, 0.6) is 0 Å². The second kappa shape index (κ2) is 17.2. The van der Waals surface area contributed by atoms with E-state index in [1.165, 1.54) is 0 Å². The smallest absolute Gasteiger partial charge is 1.00 e. The van der Waals surface area contributed by atoms with E-state index in [0.717, 1.165) is 19.5 Å². The van der Waals surface area contributed by atoms with E-state index >= 15 is 0 Å². The molecule has 0 aromatic rings. The maximum Gasteiger partial charge on any atom is 2.00 e. The van der Waals surface area contributed by atoms with Crippen LogP contribution in [0.15, 0.2) is 0 Å². The zero-order valence-electron chi connectivity index (χ0n) is 6.83. The molecule has 0 aliphatic heterocycles. The number of halogens is 2. The van der Waals surface area contributed by atoms with E-state index in [-0.39, 0.29) is 41.9 Å². The summed E-state index contributed by atoms with van der Waals surface area (Å²) < 4.78 is 0. The third kappa shape index (κ3) is 18.2. The number of hydrogen-bond acceptors (Lipinski definition) is 2. The minimum Gasteiger partial charge on any atom is -1.00 e. The van der Waals surface area contributed by atoms with Gasteiger partial charge in [-0.15, -0.1) is 0 Å². The number of hydrogen-bond donors (Lipinski definition) is 2. The minimum absolute atomic E-state index is 0. The zero-order valence-corrected chi connectivity index (χ0v) is 9.29. The topological polar surface area (TPSA) is 38.0 Å². The molecule has 11 heavy (non-hydrogen) atoms. The molecule has 1 unspecified atom stereocenters. The molecule has 0 saturated carbocycles. The van der Waals surface area contributed by atoms with Crippen molar-refractivity contribution in [1.82, 2.24) is 5.32 Å². The Bertz CT molecular complexity index is 57.8. The second-order valence-corrected chi connectivity index (χ2v) is 1.98. The van der Waals surface area contributed by atoms with Gasteiger partial charge in [0.1, 0.15) is 0 Å². The molecule has 2 nitrogen and oxygen atoms in total. The summed E-state index contributed by atoms with van der Waals surface area (Å²) in [5.74, 6) is 0. The SMILES string of the molecule is CCNCC(N)CC.[Cl-].[Cl-].[Cu+2]. The van der Waals surface area contributed by atoms with Gasteiger partial charge in [0, 0.05) is 12.6 Å². The van der Waals surface area contributed by atoms with E-state index in [2.05, 4.69) is 19.2 Å². The molecule has 1 atom stereocenters. The first-order chi connectivity index (χ1) is 3.81. The standard InChI is InChI=1S/C6H16N2.2ClH.Cu/c1-3-6(7)5-8-4-2;;;/h6,8H,3-5,7H2,1-2H3;2*1H;/q;;;+2/p-2. The van der Waals surface area contributed by atoms with E-state index in [9.17, 15) is 0 Å². The first-order valence-corrected chi connectivity index (χ1v) is 3.27. The maximum absolute atomic E-state index is 5.60. The monoisotopic (exact) mass is 249 g/mol. The number of nitrogens with two attached hydrogens (primary N) is 1. The summed E-state index contributed by atoms with van der Waals surface area (Å²) >= 11 is 0. The van der Waals surface area contributed by atoms with E-state index in [1.54, 1.807) is 0 Å². The Hall–Kier alpha value is 1.02. The van der Waals surface area contributed by atoms with Gasteiger partial charge in [0.2, 0.25) is 0 Å². The average molecular weight is 251 g/mol. The van der Waals surface area contributed by atoms with Crippen molar-refractivity contribution in [2.45, 2.75) is 26.3 Å². The number of rotatable bonds is 4. The largest absolute Gasteiger partial charge is 2.00 e. The fourth-order valence-corrected chi connectivity index (χ4v) is 0.474. The van der Waals surface area contributed by atoms with Gasteiger partial charge in [0.15, 0.2) is 0 Å². The van der Waals surface area contributed by atoms with Crippen LogP contribution in [-0.2, 0) is 17.1 Å². The van der Waals surface area contributed by atoms with Crippen molar-refractivity contribution < 1.29 is 41.9 Å². The normalized spacial score (nSPS) is 10.1. The third-order valence-electron chi connectivity index (χ3n) is 1.18. The third-order valence-corrected chi connectivity index (χ3v) is 1.18. The summed E-state index contributed by atoms with van der Waals surface area (Å²) in [6.07, 6.45) is 1.06. The Labute approximate surface area is 92.4 Å². The Morgan fingerprint density at radius 1 is 1.27 bits per heavy atom. The van der Waals surface area contributed by atoms with Crippen LogP contribution in [-0.4, -0.2) is 19.1 Å². The summed E-state index contributed by atoms with van der Waals surface area (Å²) in [6, 6.07) is 0.343. The van der Waals surface area contributed by atoms with Crippen molar-refractivity contribution >= 4 is 0 Å². The summed E-state index contributed by atoms with van der Waals surface area (Å²) in [5, 5.41) is 3.17. The van der Waals surface area contributed by atoms with Gasteiger partial charge < -0.3 is 35.9 Å². The van der Waals surface area contributed by atoms with Crippen LogP contribution in [0.4, 0.5) is 0 Å². The molecule has 0 heterocycles. The second-order valence-electron chi connectivity index (χ2n) is 1.98. The first-order valence-electron chi connectivity index (χ1n) is 3.27. The van der Waals surface area contributed by atoms with Crippen LogP contribution < -0.4 is 35.9 Å². The minimum atomic E-state index is 0. The summed E-state index contributed by atoms with van der Waals surface area (Å²) in [4.78, 5) is 0. The van der Waals surface area contributed by atoms with Crippen LogP contribution in [0.2, 0.25) is 0 Å². The van der Waals surface area contributed by atoms with Crippen molar-refractivity contribution in [2.75, 3.05) is 13.1 Å². The van der Waals surface area contributed by atoms with Crippen LogP contribution in [0, 0.1) is 0 Å². The van der Waals surface area contributed by atoms with Gasteiger partial charge >= 0.3 is 17.1 Å². The van der Waals surface area contributed by atoms with E-state index < -0.39 is 0 Å². The predicted molar refractivity (Wildman–Crippen MR) is 36.8 cm³/mol. The molecule has 3 N–H and O–H groups in total. The quantitative estimate of drug-likeness (QED) is 0.489. The molecule has 75 valence electrons. The Morgan fingerprint density at radius 3 is 2.00 bits per heavy atom. The summed E-state index contributed by atoms with van der Waals surface area (Å²) in [5.41, 5.74) is 5.60. The van der Waals surface area contributed by atoms with Crippen molar-refractivity contribution in [2.24, 2.45) is 5.73 Å². The van der Waals surface area contributed by atoms with Crippen molar-refractivity contribution in [3.05, 3.63) is 0 Å². The molecular formula is C6H16Cl2CuN2. The van der Waals surface area contributed by atoms with E-state index in [0.29, 0.717) is 6.04 Å². The number of likely N-dealkylation sites (N-methyl/N-ethyl adjacent to an activating group) is 1. The van der Waals surface area contributed by atoms with Crippen molar-refractivity contribution in [3.63, 3.8) is 0 Å². The molecule has 5 heteroatoms. The maximum atomic E-state index is 5.60. The van der Waals surface area contributed by atoms with Crippen LogP contribution >= 0.6 is 0 Å². The zero-order chi connectivity index (χ0) is 6.41. The first kappa shape index (κ1) is 22.7. The summed E-state index contributed by atoms with van der Waals surface area (Å²) in [7, 11) is 0. The van der Waals surface area contributed by atoms with Gasteiger partial charge in [-0.1, -0.05) is 13.8 Å². The van der Waals surface area contributed by atoms with E-state index in [4.69, 9.17) is 5.73 Å². The number of nitrogens with one attached hydrogen (secondary N) is 1. The van der Waals surface area contributed by atoms with Gasteiger partial charge in [-0.2, -0.15) is 0 Å². The Kier molecular flexibility index (Phi) is 35.5. The van der Waals surface area contributed by atoms with Gasteiger partial charge in [-0.3, -0.25) is 0 Å². The molecule has 0 aliphatic carbocycles. The summed E-state index contributed by atoms with van der Waals surface area (Å²) in [6.45, 7) is 6.16. The molecule has 0 aromatic carbocycles. The fourth-order valence-electron chi connectivity index (χ4n) is 0.474. The van der Waals surface area contributed by atoms with Gasteiger partial charge in [-0.25, -0.2) is 0 Å². The molecule has 0 amide bonds. The molecule has 0 rings (SSSR count). The van der Waals surface area contributed by atoms with Crippen LogP contribution in [0.1, 0.15) is 20.3 Å². The molecule has 0 fully saturated rings. The molecule has 0 saturated heterocycles. The van der Waals surface area contributed by atoms with Crippen LogP contribution in [0.3, 0.4) is 0 Å². The molecule has 0 aromatic heterocycles. The van der Waals surface area contributed by atoms with Crippen molar-refractivity contribution in [3.8, 4) is 0 Å². The molecule has 0 aliphatic rings. The average Bonchev–Trinajstić information content (AvgIpc) is 1.83. The van der Waals surface area contributed by atoms with Gasteiger partial charge in [0.25, 0.3) is 0 Å². The Balaban J connectivity index is -0.0000000817. The predicted octanol–water partition coefficient (Wildman–Crippen LogP) is -5.66. The van der Waals surface area contributed by atoms with Gasteiger partial charge in [-0.05, 0) is 13.0 Å². The molecule has 1 radical (unpaired) electrons. The molecular weight excluding hydrogens is 235 g/mol. The molecule has 0 bridgehead atoms. The van der Waals surface area contributed by atoms with Crippen LogP contribution in [0.25, 0.3) is 0 Å². The Morgan fingerprint density at radius 2 is 1.73 bits per heavy atom.